The number of carbonyl (C=O) groups excluding carboxylic acids is 1. The van der Waals surface area contributed by atoms with E-state index in [1.54, 1.807) is 13.8 Å². The van der Waals surface area contributed by atoms with Crippen molar-refractivity contribution in [3.05, 3.63) is 33.1 Å². The first-order valence-corrected chi connectivity index (χ1v) is 7.34. The summed E-state index contributed by atoms with van der Waals surface area (Å²) in [5.41, 5.74) is 3.66. The largest absolute Gasteiger partial charge is 0.458 e. The van der Waals surface area contributed by atoms with Gasteiger partial charge in [-0.1, -0.05) is 13.8 Å². The highest BCUT2D eigenvalue weighted by molar-refractivity contribution is 5.75. The first-order chi connectivity index (χ1) is 12.3. The molecule has 1 aliphatic heterocycles. The number of hydrogen-bond donors (Lipinski definition) is 4. The van der Waals surface area contributed by atoms with Gasteiger partial charge in [-0.3, -0.25) is 19.1 Å². The Labute approximate surface area is 143 Å². The molecule has 0 aliphatic carbocycles. The van der Waals surface area contributed by atoms with Gasteiger partial charge in [0.2, 0.25) is 0 Å². The highest BCUT2D eigenvalue weighted by Crippen LogP contribution is 2.37. The zero-order valence-corrected chi connectivity index (χ0v) is 13.4. The SMILES string of the molecule is [2H]C([2H])(OC(=O)[C@@H](N)C(C)C)[C@@]1(F)O[C@@H](n2ccc(=O)[nH]c2=O)[C@H](O)[C@@H]1O. The van der Waals surface area contributed by atoms with Crippen molar-refractivity contribution < 1.29 is 31.6 Å². The number of aliphatic hydroxyl groups is 2. The molecule has 0 aromatic carbocycles. The highest BCUT2D eigenvalue weighted by atomic mass is 19.2. The third kappa shape index (κ3) is 3.79. The quantitative estimate of drug-likeness (QED) is 0.437. The van der Waals surface area contributed by atoms with Crippen LogP contribution in [-0.2, 0) is 14.3 Å². The number of nitrogens with two attached hydrogens (primary N) is 1. The first kappa shape index (κ1) is 16.4. The molecule has 140 valence electrons. The van der Waals surface area contributed by atoms with E-state index < -0.39 is 60.0 Å². The van der Waals surface area contributed by atoms with Crippen LogP contribution in [-0.4, -0.2) is 56.4 Å². The van der Waals surface area contributed by atoms with Crippen LogP contribution in [0.1, 0.15) is 22.8 Å². The number of carbonyl (C=O) groups is 1. The van der Waals surface area contributed by atoms with Crippen LogP contribution < -0.4 is 17.0 Å². The normalized spacial score (nSPS) is 32.2. The van der Waals surface area contributed by atoms with Crippen LogP contribution in [0.25, 0.3) is 0 Å². The summed E-state index contributed by atoms with van der Waals surface area (Å²) in [6, 6.07) is -0.400. The van der Waals surface area contributed by atoms with Crippen LogP contribution in [0, 0.1) is 5.92 Å². The van der Waals surface area contributed by atoms with Crippen molar-refractivity contribution in [3.63, 3.8) is 0 Å². The second-order valence-corrected chi connectivity index (χ2v) is 5.90. The Kier molecular flexibility index (Phi) is 4.61. The number of esters is 1. The van der Waals surface area contributed by atoms with Crippen LogP contribution in [0.4, 0.5) is 4.39 Å². The van der Waals surface area contributed by atoms with E-state index in [-0.39, 0.29) is 0 Å². The summed E-state index contributed by atoms with van der Waals surface area (Å²) in [5.74, 6) is -5.46. The van der Waals surface area contributed by atoms with Gasteiger partial charge in [0.05, 0.1) is 2.74 Å². The van der Waals surface area contributed by atoms with E-state index in [0.29, 0.717) is 4.57 Å². The number of H-pyrrole nitrogens is 1. The van der Waals surface area contributed by atoms with Gasteiger partial charge in [0.25, 0.3) is 11.4 Å². The molecule has 1 aliphatic rings. The molecule has 25 heavy (non-hydrogen) atoms. The molecule has 0 unspecified atom stereocenters. The highest BCUT2D eigenvalue weighted by Gasteiger charge is 2.57. The average molecular weight is 363 g/mol. The number of ether oxygens (including phenoxy) is 2. The van der Waals surface area contributed by atoms with Crippen LogP contribution in [0.3, 0.4) is 0 Å². The smallest absolute Gasteiger partial charge is 0.330 e. The fraction of sp³-hybridized carbons (Fsp3) is 0.643. The minimum absolute atomic E-state index is 0.448. The van der Waals surface area contributed by atoms with Gasteiger partial charge in [0.15, 0.2) is 12.8 Å². The summed E-state index contributed by atoms with van der Waals surface area (Å²) in [7, 11) is 0. The molecule has 1 saturated heterocycles. The Morgan fingerprint density at radius 2 is 2.24 bits per heavy atom. The third-order valence-corrected chi connectivity index (χ3v) is 3.69. The summed E-state index contributed by atoms with van der Waals surface area (Å²) < 4.78 is 40.4. The molecule has 5 N–H and O–H groups in total. The number of nitrogens with zero attached hydrogens (tertiary/aromatic N) is 1. The number of aromatic amines is 1. The number of alkyl halides is 1. The summed E-state index contributed by atoms with van der Waals surface area (Å²) in [5, 5.41) is 20.0. The fourth-order valence-electron chi connectivity index (χ4n) is 2.08. The lowest BCUT2D eigenvalue weighted by Crippen LogP contribution is -2.46. The van der Waals surface area contributed by atoms with Gasteiger partial charge in [-0.15, -0.1) is 0 Å². The van der Waals surface area contributed by atoms with Crippen molar-refractivity contribution in [2.75, 3.05) is 6.56 Å². The maximum Gasteiger partial charge on any atom is 0.330 e. The molecule has 11 heteroatoms. The third-order valence-electron chi connectivity index (χ3n) is 3.69. The molecule has 0 amide bonds. The van der Waals surface area contributed by atoms with Gasteiger partial charge >= 0.3 is 11.7 Å². The maximum atomic E-state index is 15.2. The molecule has 1 aromatic heterocycles. The van der Waals surface area contributed by atoms with Crippen molar-refractivity contribution in [2.24, 2.45) is 11.7 Å². The number of rotatable bonds is 5. The van der Waals surface area contributed by atoms with Crippen molar-refractivity contribution in [3.8, 4) is 0 Å². The van der Waals surface area contributed by atoms with Gasteiger partial charge in [-0.05, 0) is 5.92 Å². The molecule has 2 heterocycles. The van der Waals surface area contributed by atoms with Crippen molar-refractivity contribution >= 4 is 5.97 Å². The number of aromatic nitrogens is 2. The maximum absolute atomic E-state index is 15.2. The van der Waals surface area contributed by atoms with Gasteiger partial charge in [0.1, 0.15) is 18.2 Å². The Hall–Kier alpha value is -2.08. The second kappa shape index (κ2) is 7.04. The Bertz CT molecular complexity index is 829. The van der Waals surface area contributed by atoms with Gasteiger partial charge < -0.3 is 25.4 Å². The van der Waals surface area contributed by atoms with Crippen molar-refractivity contribution in [2.45, 2.75) is 44.2 Å². The topological polar surface area (TPSA) is 157 Å². The minimum Gasteiger partial charge on any atom is -0.458 e. The van der Waals surface area contributed by atoms with E-state index in [1.165, 1.54) is 0 Å². The van der Waals surface area contributed by atoms with Gasteiger partial charge in [-0.25, -0.2) is 9.18 Å². The van der Waals surface area contributed by atoms with Gasteiger partial charge in [0, 0.05) is 12.3 Å². The predicted molar refractivity (Wildman–Crippen MR) is 81.1 cm³/mol. The molecule has 10 nitrogen and oxygen atoms in total. The second-order valence-electron chi connectivity index (χ2n) is 5.90. The summed E-state index contributed by atoms with van der Waals surface area (Å²) in [6.07, 6.45) is -5.68. The molecule has 0 radical (unpaired) electrons. The lowest BCUT2D eigenvalue weighted by atomic mass is 10.1. The summed E-state index contributed by atoms with van der Waals surface area (Å²) in [6.45, 7) is -0.455. The van der Waals surface area contributed by atoms with E-state index in [4.69, 9.17) is 13.2 Å². The molecule has 0 saturated carbocycles. The number of hydrogen-bond acceptors (Lipinski definition) is 8. The van der Waals surface area contributed by atoms with E-state index in [9.17, 15) is 24.6 Å². The fourth-order valence-corrected chi connectivity index (χ4v) is 2.08. The van der Waals surface area contributed by atoms with E-state index in [0.717, 1.165) is 12.3 Å². The monoisotopic (exact) mass is 363 g/mol. The predicted octanol–water partition coefficient (Wildman–Crippen LogP) is -2.02. The van der Waals surface area contributed by atoms with Crippen molar-refractivity contribution in [1.82, 2.24) is 9.55 Å². The molecule has 1 aromatic rings. The summed E-state index contributed by atoms with van der Waals surface area (Å²) >= 11 is 0. The van der Waals surface area contributed by atoms with E-state index in [2.05, 4.69) is 4.74 Å². The van der Waals surface area contributed by atoms with Crippen LogP contribution >= 0.6 is 0 Å². The molecule has 2 rings (SSSR count). The number of halogens is 1. The zero-order chi connectivity index (χ0) is 20.7. The zero-order valence-electron chi connectivity index (χ0n) is 15.4. The van der Waals surface area contributed by atoms with E-state index in [1.807, 2.05) is 4.98 Å². The van der Waals surface area contributed by atoms with Crippen LogP contribution in [0.2, 0.25) is 0 Å². The standard InChI is InChI=1S/C14H20FN3O7/c1-6(2)8(16)12(22)24-5-14(15)10(21)9(20)11(25-14)18-4-3-7(19)17-13(18)23/h3-4,6,8-11,20-21H,5,16H2,1-2H3,(H,17,19,23)/t8-,9+,10-,11+,14+/m0/s1/i5D2. The Morgan fingerprint density at radius 1 is 1.60 bits per heavy atom. The lowest BCUT2D eigenvalue weighted by molar-refractivity contribution is -0.217. The molecule has 1 fully saturated rings. The summed E-state index contributed by atoms with van der Waals surface area (Å²) in [4.78, 5) is 36.6. The number of aliphatic hydroxyl groups excluding tert-OH is 2. The van der Waals surface area contributed by atoms with Crippen LogP contribution in [0.15, 0.2) is 21.9 Å². The molecular formula is C14H20FN3O7. The first-order valence-electron chi connectivity index (χ1n) is 8.34. The molecular weight excluding hydrogens is 341 g/mol. The average Bonchev–Trinajstić information content (AvgIpc) is 2.79. The molecule has 5 atom stereocenters. The molecule has 0 spiro atoms. The van der Waals surface area contributed by atoms with Crippen molar-refractivity contribution in [1.29, 1.82) is 0 Å². The Morgan fingerprint density at radius 3 is 2.80 bits per heavy atom. The van der Waals surface area contributed by atoms with Crippen LogP contribution in [0.5, 0.6) is 0 Å². The minimum atomic E-state index is -3.72. The Balaban J connectivity index is 2.34. The molecule has 0 bridgehead atoms. The van der Waals surface area contributed by atoms with Gasteiger partial charge in [-0.2, -0.15) is 0 Å². The van der Waals surface area contributed by atoms with E-state index >= 15 is 4.39 Å². The lowest BCUT2D eigenvalue weighted by Gasteiger charge is -2.24. The number of nitrogens with one attached hydrogen (secondary N) is 1.